The maximum atomic E-state index is 5.74. The first-order chi connectivity index (χ1) is 8.33. The summed E-state index contributed by atoms with van der Waals surface area (Å²) in [6.45, 7) is 11.5. The van der Waals surface area contributed by atoms with Crippen molar-refractivity contribution in [2.45, 2.75) is 45.5 Å². The normalized spacial score (nSPS) is 12.1. The summed E-state index contributed by atoms with van der Waals surface area (Å²) >= 11 is 0. The third-order valence-corrected chi connectivity index (χ3v) is 7.59. The predicted octanol–water partition coefficient (Wildman–Crippen LogP) is 1.50. The molecule has 0 aliphatic rings. The van der Waals surface area contributed by atoms with Crippen LogP contribution in [0.3, 0.4) is 0 Å². The minimum absolute atomic E-state index is 0. The Morgan fingerprint density at radius 2 is 1.74 bits per heavy atom. The molecule has 100 valence electrons. The number of hydrogen-bond donors (Lipinski definition) is 0. The molecule has 0 saturated heterocycles. The number of hydrogen-bond acceptors (Lipinski definition) is 2. The van der Waals surface area contributed by atoms with Crippen LogP contribution in [0.1, 0.15) is 26.3 Å². The van der Waals surface area contributed by atoms with Gasteiger partial charge in [-0.2, -0.15) is 0 Å². The molecule has 4 heteroatoms. The quantitative estimate of drug-likeness (QED) is 0.459. The largest absolute Gasteiger partial charge is 1.00 e. The van der Waals surface area contributed by atoms with E-state index in [4.69, 9.17) is 9.16 Å². The molecular formula is C15H23LiO2Si. The molecular weight excluding hydrogens is 247 g/mol. The molecule has 0 fully saturated rings. The molecule has 0 N–H and O–H groups in total. The van der Waals surface area contributed by atoms with E-state index in [1.54, 1.807) is 0 Å². The smallest absolute Gasteiger partial charge is 0.742 e. The predicted molar refractivity (Wildman–Crippen MR) is 77.3 cm³/mol. The van der Waals surface area contributed by atoms with Gasteiger partial charge in [0.25, 0.3) is 0 Å². The first kappa shape index (κ1) is 18.4. The molecule has 0 unspecified atom stereocenters. The average molecular weight is 270 g/mol. The van der Waals surface area contributed by atoms with E-state index in [-0.39, 0.29) is 23.9 Å². The molecule has 0 atom stereocenters. The SMILES string of the molecule is CC(C)(C)[Si](C)(C)O[C-]=COCc1ccccc1.[Li+]. The molecule has 0 saturated carbocycles. The summed E-state index contributed by atoms with van der Waals surface area (Å²) in [6.07, 6.45) is 4.34. The summed E-state index contributed by atoms with van der Waals surface area (Å²) in [5.41, 5.74) is 1.14. The maximum Gasteiger partial charge on any atom is 1.00 e. The second kappa shape index (κ2) is 7.84. The minimum Gasteiger partial charge on any atom is -0.742 e. The molecule has 0 aliphatic heterocycles. The van der Waals surface area contributed by atoms with Gasteiger partial charge < -0.3 is 9.16 Å². The van der Waals surface area contributed by atoms with Gasteiger partial charge in [0.15, 0.2) is 0 Å². The molecule has 0 amide bonds. The fraction of sp³-hybridized carbons (Fsp3) is 0.467. The van der Waals surface area contributed by atoms with Gasteiger partial charge in [-0.25, -0.2) is 0 Å². The Balaban J connectivity index is 0.00000324. The Kier molecular flexibility index (Phi) is 7.58. The topological polar surface area (TPSA) is 18.5 Å². The van der Waals surface area contributed by atoms with Crippen LogP contribution in [0.2, 0.25) is 18.1 Å². The van der Waals surface area contributed by atoms with Crippen LogP contribution in [-0.2, 0) is 15.8 Å². The molecule has 0 bridgehead atoms. The Bertz CT molecular complexity index is 383. The van der Waals surface area contributed by atoms with E-state index in [0.29, 0.717) is 6.61 Å². The van der Waals surface area contributed by atoms with Crippen LogP contribution in [0.4, 0.5) is 0 Å². The first-order valence-corrected chi connectivity index (χ1v) is 9.14. The van der Waals surface area contributed by atoms with E-state index >= 15 is 0 Å². The van der Waals surface area contributed by atoms with Crippen LogP contribution >= 0.6 is 0 Å². The van der Waals surface area contributed by atoms with Gasteiger partial charge in [0.2, 0.25) is 8.32 Å². The van der Waals surface area contributed by atoms with E-state index in [9.17, 15) is 0 Å². The molecule has 0 aromatic heterocycles. The van der Waals surface area contributed by atoms with Crippen molar-refractivity contribution in [3.05, 3.63) is 48.4 Å². The van der Waals surface area contributed by atoms with Crippen molar-refractivity contribution in [3.63, 3.8) is 0 Å². The second-order valence-corrected chi connectivity index (χ2v) is 10.6. The van der Waals surface area contributed by atoms with Crippen LogP contribution in [0.15, 0.2) is 36.6 Å². The molecule has 1 aromatic rings. The Labute approximate surface area is 130 Å². The summed E-state index contributed by atoms with van der Waals surface area (Å²) in [6, 6.07) is 10.0. The Morgan fingerprint density at radius 1 is 1.16 bits per heavy atom. The molecule has 0 aliphatic carbocycles. The van der Waals surface area contributed by atoms with Gasteiger partial charge >= 0.3 is 18.9 Å². The first-order valence-electron chi connectivity index (χ1n) is 6.24. The molecule has 0 heterocycles. The van der Waals surface area contributed by atoms with Gasteiger partial charge in [0, 0.05) is 0 Å². The summed E-state index contributed by atoms with van der Waals surface area (Å²) in [7, 11) is -1.76. The van der Waals surface area contributed by atoms with E-state index in [2.05, 4.69) is 40.1 Å². The standard InChI is InChI=1S/C15H23O2Si.Li/c1-15(2,3)18(4,5)17-12-11-16-13-14-9-7-6-8-10-14;/h6-11H,13H2,1-5H3;/q-1;+1. The maximum absolute atomic E-state index is 5.74. The van der Waals surface area contributed by atoms with E-state index in [0.717, 1.165) is 5.56 Å². The van der Waals surface area contributed by atoms with Crippen LogP contribution in [-0.4, -0.2) is 8.32 Å². The number of ether oxygens (including phenoxy) is 1. The van der Waals surface area contributed by atoms with Crippen molar-refractivity contribution in [3.8, 4) is 0 Å². The van der Waals surface area contributed by atoms with Gasteiger partial charge in [0.1, 0.15) is 6.61 Å². The Hall–Kier alpha value is -0.626. The van der Waals surface area contributed by atoms with Gasteiger partial charge in [-0.3, -0.25) is 6.26 Å². The zero-order valence-electron chi connectivity index (χ0n) is 13.0. The van der Waals surface area contributed by atoms with E-state index in [1.165, 1.54) is 6.26 Å². The molecule has 1 aromatic carbocycles. The van der Waals surface area contributed by atoms with Gasteiger partial charge in [-0.1, -0.05) is 57.4 Å². The molecule has 2 nitrogen and oxygen atoms in total. The molecule has 0 spiro atoms. The third kappa shape index (κ3) is 6.38. The van der Waals surface area contributed by atoms with Gasteiger partial charge in [0.05, 0.1) is 0 Å². The summed E-state index contributed by atoms with van der Waals surface area (Å²) in [4.78, 5) is 0. The van der Waals surface area contributed by atoms with E-state index < -0.39 is 8.32 Å². The Morgan fingerprint density at radius 3 is 2.26 bits per heavy atom. The third-order valence-electron chi connectivity index (χ3n) is 3.34. The minimum atomic E-state index is -1.76. The summed E-state index contributed by atoms with van der Waals surface area (Å²) in [5.74, 6) is 0. The van der Waals surface area contributed by atoms with Crippen LogP contribution in [0.25, 0.3) is 0 Å². The van der Waals surface area contributed by atoms with E-state index in [1.807, 2.05) is 30.3 Å². The van der Waals surface area contributed by atoms with Crippen molar-refractivity contribution in [1.29, 1.82) is 0 Å². The summed E-state index contributed by atoms with van der Waals surface area (Å²) in [5, 5.41) is 0.188. The zero-order chi connectivity index (χ0) is 13.6. The monoisotopic (exact) mass is 270 g/mol. The van der Waals surface area contributed by atoms with Crippen LogP contribution < -0.4 is 18.9 Å². The average Bonchev–Trinajstić information content (AvgIpc) is 2.28. The fourth-order valence-electron chi connectivity index (χ4n) is 1.07. The van der Waals surface area contributed by atoms with Gasteiger partial charge in [-0.05, 0) is 23.7 Å². The van der Waals surface area contributed by atoms with Crippen molar-refractivity contribution >= 4 is 8.32 Å². The fourth-order valence-corrected chi connectivity index (χ4v) is 1.72. The number of benzene rings is 1. The zero-order valence-corrected chi connectivity index (χ0v) is 14.0. The summed E-state index contributed by atoms with van der Waals surface area (Å²) < 4.78 is 11.1. The molecule has 1 rings (SSSR count). The van der Waals surface area contributed by atoms with Gasteiger partial charge in [-0.15, -0.1) is 0 Å². The molecule has 19 heavy (non-hydrogen) atoms. The number of rotatable bonds is 5. The van der Waals surface area contributed by atoms with Crippen LogP contribution in [0, 0.1) is 6.26 Å². The van der Waals surface area contributed by atoms with Crippen molar-refractivity contribution < 1.29 is 28.0 Å². The van der Waals surface area contributed by atoms with Crippen LogP contribution in [0.5, 0.6) is 0 Å². The van der Waals surface area contributed by atoms with Crippen molar-refractivity contribution in [2.24, 2.45) is 0 Å². The van der Waals surface area contributed by atoms with Crippen molar-refractivity contribution in [2.75, 3.05) is 0 Å². The second-order valence-electron chi connectivity index (χ2n) is 5.89. The molecule has 0 radical (unpaired) electrons. The van der Waals surface area contributed by atoms with Crippen molar-refractivity contribution in [1.82, 2.24) is 0 Å².